The first kappa shape index (κ1) is 15.4. The molecule has 1 unspecified atom stereocenters. The van der Waals surface area contributed by atoms with Gasteiger partial charge in [0, 0.05) is 22.8 Å². The van der Waals surface area contributed by atoms with Gasteiger partial charge in [0.15, 0.2) is 5.79 Å². The van der Waals surface area contributed by atoms with Crippen molar-refractivity contribution in [3.8, 4) is 11.3 Å². The van der Waals surface area contributed by atoms with Crippen LogP contribution in [0.4, 0.5) is 0 Å². The first-order valence-electron chi connectivity index (χ1n) is 9.96. The Bertz CT molecular complexity index is 885. The van der Waals surface area contributed by atoms with E-state index in [0.717, 1.165) is 32.5 Å². The van der Waals surface area contributed by atoms with E-state index in [9.17, 15) is 0 Å². The minimum atomic E-state index is -0.345. The molecule has 26 heavy (non-hydrogen) atoms. The van der Waals surface area contributed by atoms with Crippen molar-refractivity contribution in [2.24, 2.45) is 10.8 Å². The van der Waals surface area contributed by atoms with Crippen molar-refractivity contribution in [1.82, 2.24) is 10.2 Å². The topological polar surface area (TPSA) is 47.1 Å². The summed E-state index contributed by atoms with van der Waals surface area (Å²) in [6.07, 6.45) is 5.57. The van der Waals surface area contributed by atoms with Gasteiger partial charge in [-0.25, -0.2) is 0 Å². The molecular weight excluding hydrogens is 324 g/mol. The van der Waals surface area contributed by atoms with Crippen molar-refractivity contribution in [1.29, 1.82) is 0 Å². The van der Waals surface area contributed by atoms with Crippen LogP contribution in [0.15, 0.2) is 30.3 Å². The van der Waals surface area contributed by atoms with Gasteiger partial charge in [-0.2, -0.15) is 5.10 Å². The zero-order chi connectivity index (χ0) is 17.6. The molecule has 1 aliphatic heterocycles. The van der Waals surface area contributed by atoms with Gasteiger partial charge >= 0.3 is 0 Å². The fourth-order valence-electron chi connectivity index (χ4n) is 6.94. The van der Waals surface area contributed by atoms with Gasteiger partial charge in [-0.05, 0) is 36.7 Å². The number of rotatable bonds is 1. The van der Waals surface area contributed by atoms with Crippen molar-refractivity contribution in [2.75, 3.05) is 13.2 Å². The van der Waals surface area contributed by atoms with Crippen LogP contribution in [-0.2, 0) is 21.3 Å². The molecule has 1 saturated heterocycles. The maximum absolute atomic E-state index is 6.24. The zero-order valence-electron chi connectivity index (χ0n) is 15.6. The summed E-state index contributed by atoms with van der Waals surface area (Å²) in [5, 5.41) is 8.29. The van der Waals surface area contributed by atoms with E-state index in [1.165, 1.54) is 35.4 Å². The van der Waals surface area contributed by atoms with E-state index in [0.29, 0.717) is 0 Å². The highest BCUT2D eigenvalue weighted by molar-refractivity contribution is 5.66. The molecule has 3 atom stereocenters. The van der Waals surface area contributed by atoms with E-state index in [1.807, 2.05) is 0 Å². The average molecular weight is 350 g/mol. The molecule has 2 saturated carbocycles. The Hall–Kier alpha value is -1.65. The second-order valence-corrected chi connectivity index (χ2v) is 9.16. The molecule has 0 radical (unpaired) electrons. The zero-order valence-corrected chi connectivity index (χ0v) is 15.6. The predicted octanol–water partition coefficient (Wildman–Crippen LogP) is 4.21. The lowest BCUT2D eigenvalue weighted by Crippen LogP contribution is -2.55. The predicted molar refractivity (Wildman–Crippen MR) is 98.7 cm³/mol. The number of aromatic amines is 1. The highest BCUT2D eigenvalue weighted by Gasteiger charge is 2.83. The minimum absolute atomic E-state index is 0.111. The Morgan fingerprint density at radius 1 is 1.00 bits per heavy atom. The van der Waals surface area contributed by atoms with E-state index < -0.39 is 0 Å². The molecule has 2 spiro atoms. The molecule has 0 bridgehead atoms. The number of hydrogen-bond acceptors (Lipinski definition) is 3. The number of H-pyrrole nitrogens is 1. The second kappa shape index (κ2) is 4.60. The van der Waals surface area contributed by atoms with Gasteiger partial charge in [0.05, 0.1) is 24.6 Å². The van der Waals surface area contributed by atoms with Gasteiger partial charge in [0.2, 0.25) is 0 Å². The van der Waals surface area contributed by atoms with Gasteiger partial charge in [-0.3, -0.25) is 5.10 Å². The molecule has 6 rings (SSSR count). The minimum Gasteiger partial charge on any atom is -0.347 e. The summed E-state index contributed by atoms with van der Waals surface area (Å²) < 4.78 is 12.5. The van der Waals surface area contributed by atoms with Crippen molar-refractivity contribution in [3.05, 3.63) is 41.6 Å². The molecule has 4 heteroatoms. The SMILES string of the molecule is CC12C[C@]13CCc1c(n[nH]c1-c1ccccc1)[C@@]3(C)CCC21OCCO1. The summed E-state index contributed by atoms with van der Waals surface area (Å²) in [5.41, 5.74) is 5.69. The molecule has 0 amide bonds. The summed E-state index contributed by atoms with van der Waals surface area (Å²) in [6.45, 7) is 6.35. The van der Waals surface area contributed by atoms with Crippen LogP contribution in [0.3, 0.4) is 0 Å². The maximum Gasteiger partial charge on any atom is 0.174 e. The van der Waals surface area contributed by atoms with E-state index in [4.69, 9.17) is 14.6 Å². The normalized spacial score (nSPS) is 39.3. The lowest BCUT2D eigenvalue weighted by Gasteiger charge is -2.53. The molecule has 4 nitrogen and oxygen atoms in total. The molecule has 4 aliphatic rings. The number of nitrogens with zero attached hydrogens (tertiary/aromatic N) is 1. The quantitative estimate of drug-likeness (QED) is 0.838. The highest BCUT2D eigenvalue weighted by Crippen LogP contribution is 2.84. The van der Waals surface area contributed by atoms with Gasteiger partial charge in [-0.15, -0.1) is 0 Å². The van der Waals surface area contributed by atoms with E-state index in [-0.39, 0.29) is 22.0 Å². The summed E-state index contributed by atoms with van der Waals surface area (Å²) in [6, 6.07) is 10.6. The monoisotopic (exact) mass is 350 g/mol. The summed E-state index contributed by atoms with van der Waals surface area (Å²) >= 11 is 0. The van der Waals surface area contributed by atoms with Crippen LogP contribution in [0.2, 0.25) is 0 Å². The van der Waals surface area contributed by atoms with Crippen molar-refractivity contribution < 1.29 is 9.47 Å². The molecule has 1 aromatic carbocycles. The Morgan fingerprint density at radius 2 is 1.77 bits per heavy atom. The summed E-state index contributed by atoms with van der Waals surface area (Å²) in [4.78, 5) is 0. The van der Waals surface area contributed by atoms with E-state index >= 15 is 0 Å². The van der Waals surface area contributed by atoms with Gasteiger partial charge in [0.1, 0.15) is 0 Å². The molecule has 1 N–H and O–H groups in total. The van der Waals surface area contributed by atoms with Crippen LogP contribution in [0.25, 0.3) is 11.3 Å². The molecule has 2 heterocycles. The fourth-order valence-corrected chi connectivity index (χ4v) is 6.94. The van der Waals surface area contributed by atoms with Crippen LogP contribution in [0.5, 0.6) is 0 Å². The smallest absolute Gasteiger partial charge is 0.174 e. The first-order chi connectivity index (χ1) is 12.6. The molecular formula is C22H26N2O2. The largest absolute Gasteiger partial charge is 0.347 e. The Balaban J connectivity index is 1.47. The molecule has 3 aliphatic carbocycles. The van der Waals surface area contributed by atoms with Crippen LogP contribution in [0.1, 0.15) is 50.8 Å². The van der Waals surface area contributed by atoms with Gasteiger partial charge < -0.3 is 9.47 Å². The van der Waals surface area contributed by atoms with Crippen LogP contribution in [-0.4, -0.2) is 29.2 Å². The van der Waals surface area contributed by atoms with E-state index in [1.54, 1.807) is 0 Å². The number of nitrogens with one attached hydrogen (secondary N) is 1. The molecule has 3 fully saturated rings. The van der Waals surface area contributed by atoms with Crippen molar-refractivity contribution in [2.45, 2.75) is 57.2 Å². The number of fused-ring (bicyclic) bond motifs is 3. The molecule has 2 aromatic rings. The molecule has 136 valence electrons. The maximum atomic E-state index is 6.24. The Labute approximate surface area is 154 Å². The fraction of sp³-hybridized carbons (Fsp3) is 0.591. The lowest BCUT2D eigenvalue weighted by atomic mass is 9.54. The third-order valence-electron chi connectivity index (χ3n) is 8.45. The average Bonchev–Trinajstić information content (AvgIpc) is 3.03. The third-order valence-corrected chi connectivity index (χ3v) is 8.45. The highest BCUT2D eigenvalue weighted by atomic mass is 16.7. The standard InChI is InChI=1S/C22H26N2O2/c1-19-10-11-22(25-12-13-26-22)20(2)14-21(19,20)9-8-16-17(23-24-18(16)19)15-6-4-3-5-7-15/h3-7H,8-14H2,1-2H3,(H,23,24)/t19-,20?,21+/m1/s1. The van der Waals surface area contributed by atoms with Crippen LogP contribution < -0.4 is 0 Å². The van der Waals surface area contributed by atoms with Crippen molar-refractivity contribution >= 4 is 0 Å². The second-order valence-electron chi connectivity index (χ2n) is 9.16. The first-order valence-corrected chi connectivity index (χ1v) is 9.96. The number of hydrogen-bond donors (Lipinski definition) is 1. The van der Waals surface area contributed by atoms with Gasteiger partial charge in [0.25, 0.3) is 0 Å². The Morgan fingerprint density at radius 3 is 2.54 bits per heavy atom. The van der Waals surface area contributed by atoms with Gasteiger partial charge in [-0.1, -0.05) is 44.2 Å². The summed E-state index contributed by atoms with van der Waals surface area (Å²) in [5.74, 6) is -0.345. The number of ether oxygens (including phenoxy) is 2. The lowest BCUT2D eigenvalue weighted by molar-refractivity contribution is -0.239. The molecule has 1 aromatic heterocycles. The Kier molecular flexibility index (Phi) is 2.73. The summed E-state index contributed by atoms with van der Waals surface area (Å²) in [7, 11) is 0. The van der Waals surface area contributed by atoms with Crippen LogP contribution in [0, 0.1) is 10.8 Å². The van der Waals surface area contributed by atoms with Crippen LogP contribution >= 0.6 is 0 Å². The number of benzene rings is 1. The van der Waals surface area contributed by atoms with Crippen molar-refractivity contribution in [3.63, 3.8) is 0 Å². The number of aromatic nitrogens is 2. The third kappa shape index (κ3) is 1.50. The van der Waals surface area contributed by atoms with E-state index in [2.05, 4.69) is 49.3 Å².